The van der Waals surface area contributed by atoms with Crippen molar-refractivity contribution in [2.24, 2.45) is 11.8 Å². The number of carboxylic acid groups (broad SMARTS) is 1. The van der Waals surface area contributed by atoms with Crippen LogP contribution in [0.4, 0.5) is 0 Å². The number of hydrogen-bond donors (Lipinski definition) is 1. The molecule has 1 fully saturated rings. The maximum absolute atomic E-state index is 12.3. The van der Waals surface area contributed by atoms with Crippen molar-refractivity contribution in [2.45, 2.75) is 39.7 Å². The Morgan fingerprint density at radius 1 is 1.30 bits per heavy atom. The molecule has 1 aliphatic rings. The SMILES string of the molecule is CC(C)CC(=O)N1C[C@H](C)C[C@H]1COc1ccc(C(=O)O)cc1. The van der Waals surface area contributed by atoms with Gasteiger partial charge in [-0.1, -0.05) is 20.8 Å². The fourth-order valence-corrected chi connectivity index (χ4v) is 2.97. The molecule has 1 amide bonds. The first-order chi connectivity index (χ1) is 10.9. The van der Waals surface area contributed by atoms with E-state index in [9.17, 15) is 9.59 Å². The van der Waals surface area contributed by atoms with Crippen molar-refractivity contribution in [1.29, 1.82) is 0 Å². The standard InChI is InChI=1S/C18H25NO4/c1-12(2)8-17(20)19-10-13(3)9-15(19)11-23-16-6-4-14(5-7-16)18(21)22/h4-7,12-13,15H,8-11H2,1-3H3,(H,21,22)/t13-,15+/m1/s1. The first-order valence-electron chi connectivity index (χ1n) is 8.12. The van der Waals surface area contributed by atoms with Crippen molar-refractivity contribution in [3.63, 3.8) is 0 Å². The smallest absolute Gasteiger partial charge is 0.335 e. The molecule has 1 aromatic rings. The van der Waals surface area contributed by atoms with Gasteiger partial charge in [0.05, 0.1) is 11.6 Å². The lowest BCUT2D eigenvalue weighted by molar-refractivity contribution is -0.133. The van der Waals surface area contributed by atoms with Gasteiger partial charge in [0.2, 0.25) is 5.91 Å². The van der Waals surface area contributed by atoms with Gasteiger partial charge in [0.15, 0.2) is 0 Å². The van der Waals surface area contributed by atoms with Gasteiger partial charge in [-0.05, 0) is 42.5 Å². The van der Waals surface area contributed by atoms with E-state index in [0.717, 1.165) is 13.0 Å². The zero-order valence-corrected chi connectivity index (χ0v) is 14.0. The highest BCUT2D eigenvalue weighted by atomic mass is 16.5. The van der Waals surface area contributed by atoms with E-state index in [-0.39, 0.29) is 17.5 Å². The lowest BCUT2D eigenvalue weighted by Gasteiger charge is -2.25. The molecule has 2 atom stereocenters. The molecular weight excluding hydrogens is 294 g/mol. The van der Waals surface area contributed by atoms with Crippen LogP contribution in [-0.4, -0.2) is 41.1 Å². The Labute approximate surface area is 137 Å². The summed E-state index contributed by atoms with van der Waals surface area (Å²) in [6.07, 6.45) is 1.51. The van der Waals surface area contributed by atoms with Crippen LogP contribution in [0.3, 0.4) is 0 Å². The van der Waals surface area contributed by atoms with Gasteiger partial charge < -0.3 is 14.7 Å². The molecule has 2 rings (SSSR count). The molecule has 0 saturated carbocycles. The van der Waals surface area contributed by atoms with E-state index < -0.39 is 5.97 Å². The van der Waals surface area contributed by atoms with E-state index in [1.807, 2.05) is 18.7 Å². The average Bonchev–Trinajstić information content (AvgIpc) is 2.86. The van der Waals surface area contributed by atoms with E-state index >= 15 is 0 Å². The van der Waals surface area contributed by atoms with Gasteiger partial charge in [-0.3, -0.25) is 4.79 Å². The number of carbonyl (C=O) groups excluding carboxylic acids is 1. The monoisotopic (exact) mass is 319 g/mol. The minimum atomic E-state index is -0.952. The highest BCUT2D eigenvalue weighted by Crippen LogP contribution is 2.25. The molecule has 1 N–H and O–H groups in total. The maximum Gasteiger partial charge on any atom is 0.335 e. The van der Waals surface area contributed by atoms with E-state index in [0.29, 0.717) is 30.6 Å². The normalized spacial score (nSPS) is 20.8. The Kier molecular flexibility index (Phi) is 5.64. The number of carboxylic acids is 1. The molecule has 1 aliphatic heterocycles. The lowest BCUT2D eigenvalue weighted by atomic mass is 10.1. The van der Waals surface area contributed by atoms with E-state index in [1.165, 1.54) is 12.1 Å². The topological polar surface area (TPSA) is 66.8 Å². The third-order valence-electron chi connectivity index (χ3n) is 4.07. The van der Waals surface area contributed by atoms with Gasteiger partial charge in [-0.15, -0.1) is 0 Å². The molecule has 0 aromatic heterocycles. The van der Waals surface area contributed by atoms with Gasteiger partial charge in [0.1, 0.15) is 12.4 Å². The van der Waals surface area contributed by atoms with E-state index in [4.69, 9.17) is 9.84 Å². The van der Waals surface area contributed by atoms with Gasteiger partial charge >= 0.3 is 5.97 Å². The summed E-state index contributed by atoms with van der Waals surface area (Å²) in [6.45, 7) is 7.48. The number of hydrogen-bond acceptors (Lipinski definition) is 3. The van der Waals surface area contributed by atoms with Crippen LogP contribution in [0.2, 0.25) is 0 Å². The third-order valence-corrected chi connectivity index (χ3v) is 4.07. The van der Waals surface area contributed by atoms with Crippen molar-refractivity contribution >= 4 is 11.9 Å². The molecule has 0 radical (unpaired) electrons. The van der Waals surface area contributed by atoms with E-state index in [2.05, 4.69) is 6.92 Å². The molecule has 0 aliphatic carbocycles. The molecule has 5 nitrogen and oxygen atoms in total. The predicted octanol–water partition coefficient (Wildman–Crippen LogP) is 3.05. The largest absolute Gasteiger partial charge is 0.491 e. The zero-order valence-electron chi connectivity index (χ0n) is 14.0. The summed E-state index contributed by atoms with van der Waals surface area (Å²) in [5.74, 6) is 0.703. The second kappa shape index (κ2) is 7.49. The summed E-state index contributed by atoms with van der Waals surface area (Å²) in [6, 6.07) is 6.45. The number of carbonyl (C=O) groups is 2. The van der Waals surface area contributed by atoms with Crippen molar-refractivity contribution < 1.29 is 19.4 Å². The predicted molar refractivity (Wildman–Crippen MR) is 87.6 cm³/mol. The Morgan fingerprint density at radius 3 is 2.52 bits per heavy atom. The van der Waals surface area contributed by atoms with Gasteiger partial charge in [-0.2, -0.15) is 0 Å². The van der Waals surface area contributed by atoms with Gasteiger partial charge in [0.25, 0.3) is 0 Å². The lowest BCUT2D eigenvalue weighted by Crippen LogP contribution is -2.39. The highest BCUT2D eigenvalue weighted by molar-refractivity contribution is 5.87. The number of rotatable bonds is 6. The second-order valence-corrected chi connectivity index (χ2v) is 6.78. The van der Waals surface area contributed by atoms with Crippen LogP contribution < -0.4 is 4.74 Å². The van der Waals surface area contributed by atoms with Crippen LogP contribution in [0, 0.1) is 11.8 Å². The van der Waals surface area contributed by atoms with Crippen LogP contribution in [-0.2, 0) is 4.79 Å². The van der Waals surface area contributed by atoms with Crippen LogP contribution in [0.5, 0.6) is 5.75 Å². The van der Waals surface area contributed by atoms with Crippen LogP contribution in [0.15, 0.2) is 24.3 Å². The minimum absolute atomic E-state index is 0.0930. The quantitative estimate of drug-likeness (QED) is 0.875. The van der Waals surface area contributed by atoms with Gasteiger partial charge in [0, 0.05) is 13.0 Å². The van der Waals surface area contributed by atoms with Crippen molar-refractivity contribution in [3.8, 4) is 5.75 Å². The maximum atomic E-state index is 12.3. The third kappa shape index (κ3) is 4.71. The zero-order chi connectivity index (χ0) is 17.0. The molecule has 1 saturated heterocycles. The summed E-state index contributed by atoms with van der Waals surface area (Å²) in [5.41, 5.74) is 0.237. The fraction of sp³-hybridized carbons (Fsp3) is 0.556. The molecule has 0 spiro atoms. The first-order valence-corrected chi connectivity index (χ1v) is 8.12. The average molecular weight is 319 g/mol. The summed E-state index contributed by atoms with van der Waals surface area (Å²) >= 11 is 0. The number of aromatic carboxylic acids is 1. The van der Waals surface area contributed by atoms with Gasteiger partial charge in [-0.25, -0.2) is 4.79 Å². The van der Waals surface area contributed by atoms with Crippen LogP contribution >= 0.6 is 0 Å². The van der Waals surface area contributed by atoms with E-state index in [1.54, 1.807) is 12.1 Å². The molecule has 5 heteroatoms. The Balaban J connectivity index is 1.94. The Hall–Kier alpha value is -2.04. The number of ether oxygens (including phenoxy) is 1. The van der Waals surface area contributed by atoms with Crippen molar-refractivity contribution in [3.05, 3.63) is 29.8 Å². The molecule has 1 aromatic carbocycles. The summed E-state index contributed by atoms with van der Waals surface area (Å²) < 4.78 is 5.77. The number of nitrogens with zero attached hydrogens (tertiary/aromatic N) is 1. The summed E-state index contributed by atoms with van der Waals surface area (Å²) in [4.78, 5) is 25.1. The number of benzene rings is 1. The summed E-state index contributed by atoms with van der Waals surface area (Å²) in [7, 11) is 0. The van der Waals surface area contributed by atoms with Crippen LogP contribution in [0.1, 0.15) is 44.0 Å². The minimum Gasteiger partial charge on any atom is -0.491 e. The first kappa shape index (κ1) is 17.3. The fourth-order valence-electron chi connectivity index (χ4n) is 2.97. The summed E-state index contributed by atoms with van der Waals surface area (Å²) in [5, 5.41) is 8.89. The Bertz CT molecular complexity index is 553. The molecule has 23 heavy (non-hydrogen) atoms. The molecule has 0 unspecified atom stereocenters. The molecule has 1 heterocycles. The number of likely N-dealkylation sites (tertiary alicyclic amines) is 1. The molecule has 0 bridgehead atoms. The van der Waals surface area contributed by atoms with Crippen molar-refractivity contribution in [1.82, 2.24) is 4.90 Å². The highest BCUT2D eigenvalue weighted by Gasteiger charge is 2.33. The van der Waals surface area contributed by atoms with Crippen LogP contribution in [0.25, 0.3) is 0 Å². The van der Waals surface area contributed by atoms with Crippen molar-refractivity contribution in [2.75, 3.05) is 13.2 Å². The Morgan fingerprint density at radius 2 is 1.96 bits per heavy atom. The molecule has 126 valence electrons. The number of amides is 1. The molecular formula is C18H25NO4. The second-order valence-electron chi connectivity index (χ2n) is 6.78.